The number of rotatable bonds is 7. The lowest BCUT2D eigenvalue weighted by Gasteiger charge is -2.14. The topological polar surface area (TPSA) is 82.8 Å². The molecule has 0 aliphatic rings. The fourth-order valence-electron chi connectivity index (χ4n) is 3.57. The number of halogens is 4. The van der Waals surface area contributed by atoms with Crippen molar-refractivity contribution >= 4 is 45.7 Å². The average Bonchev–Trinajstić information content (AvgIpc) is 2.89. The Kier molecular flexibility index (Phi) is 8.14. The number of benzene rings is 3. The number of para-hydroxylation sites is 1. The Morgan fingerprint density at radius 3 is 2.61 bits per heavy atom. The first-order chi connectivity index (χ1) is 18.1. The van der Waals surface area contributed by atoms with Gasteiger partial charge in [-0.05, 0) is 84.5 Å². The van der Waals surface area contributed by atoms with Crippen LogP contribution < -0.4 is 10.3 Å². The van der Waals surface area contributed by atoms with E-state index in [2.05, 4.69) is 10.1 Å². The molecule has 3 aromatic carbocycles. The van der Waals surface area contributed by atoms with Gasteiger partial charge >= 0.3 is 12.1 Å². The molecule has 4 rings (SSSR count). The van der Waals surface area contributed by atoms with Gasteiger partial charge in [-0.2, -0.15) is 22.9 Å². The van der Waals surface area contributed by atoms with Gasteiger partial charge in [-0.3, -0.25) is 4.79 Å². The number of hydrogen-bond acceptors (Lipinski definition) is 6. The van der Waals surface area contributed by atoms with Crippen LogP contribution in [0, 0.1) is 3.57 Å². The third-order valence-electron chi connectivity index (χ3n) is 5.40. The molecule has 1 heterocycles. The SMILES string of the molecule is CCOC(=O)[C@H](C)Oc1ccc(C=Nn2c(-c3cccc(C(F)(F)F)c3)nc3ccccc3c2=O)cc1I. The van der Waals surface area contributed by atoms with Crippen LogP contribution in [0.3, 0.4) is 0 Å². The van der Waals surface area contributed by atoms with Crippen molar-refractivity contribution in [3.05, 3.63) is 91.8 Å². The summed E-state index contributed by atoms with van der Waals surface area (Å²) in [6.45, 7) is 3.53. The molecule has 1 atom stereocenters. The molecule has 0 radical (unpaired) electrons. The van der Waals surface area contributed by atoms with Crippen LogP contribution in [0.1, 0.15) is 25.0 Å². The highest BCUT2D eigenvalue weighted by Crippen LogP contribution is 2.32. The zero-order valence-corrected chi connectivity index (χ0v) is 22.4. The normalized spacial score (nSPS) is 12.6. The minimum atomic E-state index is -4.56. The van der Waals surface area contributed by atoms with Crippen molar-refractivity contribution in [2.75, 3.05) is 6.61 Å². The van der Waals surface area contributed by atoms with E-state index in [9.17, 15) is 22.8 Å². The van der Waals surface area contributed by atoms with Crippen molar-refractivity contribution in [1.82, 2.24) is 9.66 Å². The van der Waals surface area contributed by atoms with Crippen LogP contribution in [-0.2, 0) is 15.7 Å². The fourth-order valence-corrected chi connectivity index (χ4v) is 4.23. The lowest BCUT2D eigenvalue weighted by molar-refractivity contribution is -0.150. The third kappa shape index (κ3) is 6.04. The number of aromatic nitrogens is 2. The molecule has 196 valence electrons. The highest BCUT2D eigenvalue weighted by molar-refractivity contribution is 14.1. The number of carbonyl (C=O) groups is 1. The smallest absolute Gasteiger partial charge is 0.416 e. The molecule has 11 heteroatoms. The summed E-state index contributed by atoms with van der Waals surface area (Å²) in [4.78, 5) is 29.6. The molecular formula is C27H21F3IN3O4. The molecule has 0 aliphatic carbocycles. The molecule has 0 unspecified atom stereocenters. The van der Waals surface area contributed by atoms with Crippen LogP contribution in [-0.4, -0.2) is 34.6 Å². The van der Waals surface area contributed by atoms with Gasteiger partial charge < -0.3 is 9.47 Å². The average molecular weight is 635 g/mol. The molecule has 0 aliphatic heterocycles. The highest BCUT2D eigenvalue weighted by Gasteiger charge is 2.31. The van der Waals surface area contributed by atoms with Crippen LogP contribution >= 0.6 is 22.6 Å². The summed E-state index contributed by atoms with van der Waals surface area (Å²) in [5.74, 6) is -0.0642. The van der Waals surface area contributed by atoms with E-state index < -0.39 is 29.4 Å². The molecule has 1 aromatic heterocycles. The van der Waals surface area contributed by atoms with Gasteiger partial charge in [-0.1, -0.05) is 24.3 Å². The van der Waals surface area contributed by atoms with Gasteiger partial charge in [0.15, 0.2) is 11.9 Å². The van der Waals surface area contributed by atoms with E-state index in [1.54, 1.807) is 56.3 Å². The van der Waals surface area contributed by atoms with Crippen molar-refractivity contribution < 1.29 is 27.4 Å². The van der Waals surface area contributed by atoms with E-state index in [1.807, 2.05) is 22.6 Å². The van der Waals surface area contributed by atoms with Crippen LogP contribution in [0.5, 0.6) is 5.75 Å². The first-order valence-corrected chi connectivity index (χ1v) is 12.5. The molecule has 38 heavy (non-hydrogen) atoms. The van der Waals surface area contributed by atoms with Crippen LogP contribution in [0.2, 0.25) is 0 Å². The number of esters is 1. The second kappa shape index (κ2) is 11.3. The second-order valence-corrected chi connectivity index (χ2v) is 9.26. The van der Waals surface area contributed by atoms with Gasteiger partial charge in [0.1, 0.15) is 5.75 Å². The van der Waals surface area contributed by atoms with Gasteiger partial charge in [0.05, 0.1) is 32.9 Å². The largest absolute Gasteiger partial charge is 0.478 e. The molecule has 0 saturated carbocycles. The number of carbonyl (C=O) groups excluding carboxylic acids is 1. The quantitative estimate of drug-likeness (QED) is 0.144. The first-order valence-electron chi connectivity index (χ1n) is 11.4. The zero-order chi connectivity index (χ0) is 27.4. The van der Waals surface area contributed by atoms with Crippen molar-refractivity contribution in [2.24, 2.45) is 5.10 Å². The summed E-state index contributed by atoms with van der Waals surface area (Å²) >= 11 is 2.04. The van der Waals surface area contributed by atoms with E-state index in [-0.39, 0.29) is 23.4 Å². The van der Waals surface area contributed by atoms with E-state index in [4.69, 9.17) is 9.47 Å². The number of nitrogens with zero attached hydrogens (tertiary/aromatic N) is 3. The Bertz CT molecular complexity index is 1580. The number of fused-ring (bicyclic) bond motifs is 1. The number of hydrogen-bond donors (Lipinski definition) is 0. The molecular weight excluding hydrogens is 614 g/mol. The summed E-state index contributed by atoms with van der Waals surface area (Å²) in [6, 6.07) is 16.2. The lowest BCUT2D eigenvalue weighted by atomic mass is 10.1. The van der Waals surface area contributed by atoms with E-state index in [1.165, 1.54) is 18.3 Å². The molecule has 0 N–H and O–H groups in total. The second-order valence-electron chi connectivity index (χ2n) is 8.09. The minimum absolute atomic E-state index is 0.0334. The molecule has 4 aromatic rings. The third-order valence-corrected chi connectivity index (χ3v) is 6.25. The lowest BCUT2D eigenvalue weighted by Crippen LogP contribution is -2.26. The maximum absolute atomic E-state index is 13.4. The van der Waals surface area contributed by atoms with E-state index in [0.29, 0.717) is 20.4 Å². The van der Waals surface area contributed by atoms with Crippen LogP contribution in [0.15, 0.2) is 76.6 Å². The molecule has 0 fully saturated rings. The molecule has 0 amide bonds. The van der Waals surface area contributed by atoms with Crippen LogP contribution in [0.4, 0.5) is 13.2 Å². The maximum atomic E-state index is 13.4. The van der Waals surface area contributed by atoms with E-state index >= 15 is 0 Å². The maximum Gasteiger partial charge on any atom is 0.416 e. The molecule has 0 spiro atoms. The molecule has 0 bridgehead atoms. The first kappa shape index (κ1) is 27.3. The summed E-state index contributed by atoms with van der Waals surface area (Å²) in [5, 5.41) is 4.57. The van der Waals surface area contributed by atoms with Crippen molar-refractivity contribution in [1.29, 1.82) is 0 Å². The standard InChI is InChI=1S/C27H21F3IN3O4/c1-3-37-26(36)16(2)38-23-12-11-17(13-21(23)31)15-32-34-24(18-7-6-8-19(14-18)27(28,29)30)33-22-10-5-4-9-20(22)25(34)35/h4-16H,3H2,1-2H3/t16-/m0/s1. The van der Waals surface area contributed by atoms with Gasteiger partial charge in [0.25, 0.3) is 5.56 Å². The van der Waals surface area contributed by atoms with Crippen molar-refractivity contribution in [3.63, 3.8) is 0 Å². The van der Waals surface area contributed by atoms with E-state index in [0.717, 1.165) is 16.8 Å². The van der Waals surface area contributed by atoms with Crippen LogP contribution in [0.25, 0.3) is 22.3 Å². The highest BCUT2D eigenvalue weighted by atomic mass is 127. The summed E-state index contributed by atoms with van der Waals surface area (Å²) in [7, 11) is 0. The Morgan fingerprint density at radius 2 is 1.89 bits per heavy atom. The monoisotopic (exact) mass is 635 g/mol. The Balaban J connectivity index is 1.74. The van der Waals surface area contributed by atoms with Gasteiger partial charge in [-0.25, -0.2) is 9.78 Å². The van der Waals surface area contributed by atoms with Gasteiger partial charge in [0.2, 0.25) is 0 Å². The summed E-state index contributed by atoms with van der Waals surface area (Å²) in [6.07, 6.45) is -3.97. The number of alkyl halides is 3. The molecule has 7 nitrogen and oxygen atoms in total. The summed E-state index contributed by atoms with van der Waals surface area (Å²) in [5.41, 5.74) is -0.387. The van der Waals surface area contributed by atoms with Gasteiger partial charge in [0, 0.05) is 5.56 Å². The number of ether oxygens (including phenoxy) is 2. The van der Waals surface area contributed by atoms with Crippen molar-refractivity contribution in [2.45, 2.75) is 26.1 Å². The van der Waals surface area contributed by atoms with Gasteiger partial charge in [-0.15, -0.1) is 0 Å². The molecule has 0 saturated heterocycles. The Hall–Kier alpha value is -3.74. The zero-order valence-electron chi connectivity index (χ0n) is 20.2. The fraction of sp³-hybridized carbons (Fsp3) is 0.185. The predicted molar refractivity (Wildman–Crippen MR) is 145 cm³/mol. The Morgan fingerprint density at radius 1 is 1.13 bits per heavy atom. The summed E-state index contributed by atoms with van der Waals surface area (Å²) < 4.78 is 52.4. The predicted octanol–water partition coefficient (Wildman–Crippen LogP) is 5.90. The van der Waals surface area contributed by atoms with Crippen molar-refractivity contribution in [3.8, 4) is 17.1 Å². The minimum Gasteiger partial charge on any atom is -0.478 e. The Labute approximate surface area is 229 Å².